The predicted octanol–water partition coefficient (Wildman–Crippen LogP) is 3.61. The Morgan fingerprint density at radius 1 is 1.21 bits per heavy atom. The maximum atomic E-state index is 13.8. The van der Waals surface area contributed by atoms with Crippen molar-refractivity contribution in [1.29, 1.82) is 0 Å². The van der Waals surface area contributed by atoms with Crippen LogP contribution in [-0.4, -0.2) is 11.7 Å². The second kappa shape index (κ2) is 5.85. The molecule has 0 aromatic heterocycles. The molecule has 0 fully saturated rings. The highest BCUT2D eigenvalue weighted by Gasteiger charge is 2.15. The maximum Gasteiger partial charge on any atom is 0.129 e. The Kier molecular flexibility index (Phi) is 4.17. The maximum absolute atomic E-state index is 13.8. The van der Waals surface area contributed by atoms with E-state index in [1.807, 2.05) is 19.9 Å². The van der Waals surface area contributed by atoms with Crippen LogP contribution in [0.2, 0.25) is 0 Å². The van der Waals surface area contributed by atoms with Crippen molar-refractivity contribution in [3.05, 3.63) is 65.0 Å². The first-order valence-corrected chi connectivity index (χ1v) is 6.28. The summed E-state index contributed by atoms with van der Waals surface area (Å²) in [6.45, 7) is 4.31. The first kappa shape index (κ1) is 13.6. The fraction of sp³-hybridized carbons (Fsp3) is 0.250. The fourth-order valence-corrected chi connectivity index (χ4v) is 1.99. The number of aryl methyl sites for hydroxylation is 1. The second-order valence-electron chi connectivity index (χ2n) is 4.43. The van der Waals surface area contributed by atoms with Crippen LogP contribution in [-0.2, 0) is 0 Å². The standard InChI is InChI=1S/C16H17FO2/c1-3-19-13-6-4-5-12(10-13)16(18)14-9-11(2)7-8-15(14)17/h4-10,16,18H,3H2,1-2H3. The van der Waals surface area contributed by atoms with Gasteiger partial charge in [0.15, 0.2) is 0 Å². The van der Waals surface area contributed by atoms with Crippen molar-refractivity contribution < 1.29 is 14.2 Å². The van der Waals surface area contributed by atoms with E-state index < -0.39 is 11.9 Å². The normalized spacial score (nSPS) is 12.2. The summed E-state index contributed by atoms with van der Waals surface area (Å²) in [6, 6.07) is 11.8. The lowest BCUT2D eigenvalue weighted by molar-refractivity contribution is 0.214. The van der Waals surface area contributed by atoms with Gasteiger partial charge in [0.2, 0.25) is 0 Å². The van der Waals surface area contributed by atoms with Crippen molar-refractivity contribution in [3.8, 4) is 5.75 Å². The van der Waals surface area contributed by atoms with Crippen LogP contribution in [0.15, 0.2) is 42.5 Å². The molecule has 2 aromatic rings. The van der Waals surface area contributed by atoms with E-state index in [0.717, 1.165) is 5.56 Å². The molecule has 100 valence electrons. The lowest BCUT2D eigenvalue weighted by Crippen LogP contribution is -2.03. The first-order valence-electron chi connectivity index (χ1n) is 6.28. The second-order valence-corrected chi connectivity index (χ2v) is 4.43. The Hall–Kier alpha value is -1.87. The molecule has 0 saturated carbocycles. The van der Waals surface area contributed by atoms with Crippen LogP contribution in [0.25, 0.3) is 0 Å². The lowest BCUT2D eigenvalue weighted by atomic mass is 9.99. The zero-order chi connectivity index (χ0) is 13.8. The molecule has 0 spiro atoms. The molecular formula is C16H17FO2. The molecule has 2 rings (SSSR count). The molecule has 19 heavy (non-hydrogen) atoms. The van der Waals surface area contributed by atoms with Crippen molar-refractivity contribution >= 4 is 0 Å². The van der Waals surface area contributed by atoms with Crippen molar-refractivity contribution in [2.75, 3.05) is 6.61 Å². The van der Waals surface area contributed by atoms with Crippen molar-refractivity contribution in [2.24, 2.45) is 0 Å². The van der Waals surface area contributed by atoms with Gasteiger partial charge in [0, 0.05) is 5.56 Å². The van der Waals surface area contributed by atoms with E-state index in [0.29, 0.717) is 17.9 Å². The minimum absolute atomic E-state index is 0.286. The zero-order valence-corrected chi connectivity index (χ0v) is 11.1. The molecule has 0 aliphatic carbocycles. The monoisotopic (exact) mass is 260 g/mol. The summed E-state index contributed by atoms with van der Waals surface area (Å²) in [5.74, 6) is 0.270. The summed E-state index contributed by atoms with van der Waals surface area (Å²) >= 11 is 0. The Balaban J connectivity index is 2.35. The molecule has 0 radical (unpaired) electrons. The highest BCUT2D eigenvalue weighted by molar-refractivity contribution is 5.37. The summed E-state index contributed by atoms with van der Waals surface area (Å²) in [6.07, 6.45) is -0.986. The third-order valence-corrected chi connectivity index (χ3v) is 2.93. The Morgan fingerprint density at radius 3 is 2.74 bits per heavy atom. The number of halogens is 1. The molecule has 1 atom stereocenters. The van der Waals surface area contributed by atoms with Crippen molar-refractivity contribution in [3.63, 3.8) is 0 Å². The van der Waals surface area contributed by atoms with E-state index in [1.165, 1.54) is 6.07 Å². The predicted molar refractivity (Wildman–Crippen MR) is 72.8 cm³/mol. The van der Waals surface area contributed by atoms with Gasteiger partial charge in [-0.05, 0) is 37.6 Å². The summed E-state index contributed by atoms with van der Waals surface area (Å²) in [5.41, 5.74) is 1.82. The highest BCUT2D eigenvalue weighted by Crippen LogP contribution is 2.27. The number of aliphatic hydroxyl groups excluding tert-OH is 1. The summed E-state index contributed by atoms with van der Waals surface area (Å²) < 4.78 is 19.1. The summed E-state index contributed by atoms with van der Waals surface area (Å²) in [4.78, 5) is 0. The topological polar surface area (TPSA) is 29.5 Å². The molecule has 1 N–H and O–H groups in total. The van der Waals surface area contributed by atoms with E-state index >= 15 is 0 Å². The molecular weight excluding hydrogens is 243 g/mol. The quantitative estimate of drug-likeness (QED) is 0.909. The molecule has 0 amide bonds. The van der Waals surface area contributed by atoms with Gasteiger partial charge in [-0.1, -0.05) is 29.8 Å². The number of ether oxygens (including phenoxy) is 1. The van der Waals surface area contributed by atoms with Crippen LogP contribution in [0, 0.1) is 12.7 Å². The van der Waals surface area contributed by atoms with Gasteiger partial charge in [0.1, 0.15) is 17.7 Å². The highest BCUT2D eigenvalue weighted by atomic mass is 19.1. The van der Waals surface area contributed by atoms with Crippen molar-refractivity contribution in [2.45, 2.75) is 20.0 Å². The molecule has 0 aliphatic heterocycles. The van der Waals surface area contributed by atoms with E-state index in [1.54, 1.807) is 30.3 Å². The van der Waals surface area contributed by atoms with Gasteiger partial charge >= 0.3 is 0 Å². The average molecular weight is 260 g/mol. The fourth-order valence-electron chi connectivity index (χ4n) is 1.99. The number of benzene rings is 2. The van der Waals surface area contributed by atoms with Crippen molar-refractivity contribution in [1.82, 2.24) is 0 Å². The largest absolute Gasteiger partial charge is 0.494 e. The smallest absolute Gasteiger partial charge is 0.129 e. The summed E-state index contributed by atoms with van der Waals surface area (Å²) in [7, 11) is 0. The third kappa shape index (κ3) is 3.12. The Morgan fingerprint density at radius 2 is 2.00 bits per heavy atom. The Bertz CT molecular complexity index is 566. The molecule has 2 nitrogen and oxygen atoms in total. The van der Waals surface area contributed by atoms with Crippen LogP contribution in [0.3, 0.4) is 0 Å². The van der Waals surface area contributed by atoms with E-state index in [-0.39, 0.29) is 5.56 Å². The molecule has 3 heteroatoms. The molecule has 0 saturated heterocycles. The zero-order valence-electron chi connectivity index (χ0n) is 11.1. The first-order chi connectivity index (χ1) is 9.11. The minimum atomic E-state index is -0.986. The van der Waals surface area contributed by atoms with Crippen LogP contribution < -0.4 is 4.74 Å². The number of rotatable bonds is 4. The van der Waals surface area contributed by atoms with Gasteiger partial charge in [-0.25, -0.2) is 4.39 Å². The van der Waals surface area contributed by atoms with E-state index in [2.05, 4.69) is 0 Å². The molecule has 0 bridgehead atoms. The summed E-state index contributed by atoms with van der Waals surface area (Å²) in [5, 5.41) is 10.3. The van der Waals surface area contributed by atoms with E-state index in [9.17, 15) is 9.50 Å². The average Bonchev–Trinajstić information content (AvgIpc) is 2.41. The van der Waals surface area contributed by atoms with Gasteiger partial charge in [-0.3, -0.25) is 0 Å². The molecule has 1 unspecified atom stereocenters. The van der Waals surface area contributed by atoms with Crippen LogP contribution in [0.1, 0.15) is 29.7 Å². The lowest BCUT2D eigenvalue weighted by Gasteiger charge is -2.14. The number of aliphatic hydroxyl groups is 1. The number of hydrogen-bond donors (Lipinski definition) is 1. The van der Waals surface area contributed by atoms with Gasteiger partial charge in [0.05, 0.1) is 6.61 Å². The van der Waals surface area contributed by atoms with Crippen LogP contribution in [0.4, 0.5) is 4.39 Å². The number of hydrogen-bond acceptors (Lipinski definition) is 2. The molecule has 0 aliphatic rings. The van der Waals surface area contributed by atoms with Gasteiger partial charge < -0.3 is 9.84 Å². The van der Waals surface area contributed by atoms with Gasteiger partial charge in [-0.15, -0.1) is 0 Å². The van der Waals surface area contributed by atoms with Crippen LogP contribution in [0.5, 0.6) is 5.75 Å². The van der Waals surface area contributed by atoms with Crippen LogP contribution >= 0.6 is 0 Å². The Labute approximate surface area is 112 Å². The molecule has 2 aromatic carbocycles. The van der Waals surface area contributed by atoms with Gasteiger partial charge in [-0.2, -0.15) is 0 Å². The van der Waals surface area contributed by atoms with E-state index in [4.69, 9.17) is 4.74 Å². The molecule has 0 heterocycles. The van der Waals surface area contributed by atoms with Gasteiger partial charge in [0.25, 0.3) is 0 Å². The third-order valence-electron chi connectivity index (χ3n) is 2.93. The SMILES string of the molecule is CCOc1cccc(C(O)c2cc(C)ccc2F)c1. The minimum Gasteiger partial charge on any atom is -0.494 e.